The molecule has 7 N–H and O–H groups in total. The van der Waals surface area contributed by atoms with Gasteiger partial charge < -0.3 is 29.2 Å². The van der Waals surface area contributed by atoms with E-state index in [1.54, 1.807) is 47.1 Å². The minimum Gasteiger partial charge on any atom is -0.384 e. The van der Waals surface area contributed by atoms with Crippen molar-refractivity contribution in [3.05, 3.63) is 122 Å². The number of rotatable bonds is 16. The molecular weight excluding hydrogens is 1440 g/mol. The largest absolute Gasteiger partial charge is 0.384 e. The van der Waals surface area contributed by atoms with Gasteiger partial charge in [-0.3, -0.25) is 25.5 Å². The van der Waals surface area contributed by atoms with Crippen molar-refractivity contribution in [2.24, 2.45) is 5.14 Å². The molecule has 6 aliphatic rings. The Morgan fingerprint density at radius 3 is 0.962 bits per heavy atom. The molecule has 562 valence electrons. The van der Waals surface area contributed by atoms with Gasteiger partial charge in [-0.25, -0.2) is 30.4 Å². The summed E-state index contributed by atoms with van der Waals surface area (Å²) in [5.74, 6) is 0.0425. The number of aromatic amines is 5. The van der Waals surface area contributed by atoms with Crippen LogP contribution >= 0.6 is 0 Å². The van der Waals surface area contributed by atoms with Crippen LogP contribution in [0.4, 0.5) is 28.4 Å². The highest BCUT2D eigenvalue weighted by molar-refractivity contribution is 7.90. The molecule has 0 amide bonds. The number of anilines is 5. The third-order valence-corrected chi connectivity index (χ3v) is 29.1. The fourth-order valence-electron chi connectivity index (χ4n) is 13.5. The standard InChI is InChI=1S/C14H20N4O3S.C14H18N4O2S.C14H20N4O2S.C13H19N5O2S.C11H15N5O2S/c1-21-9-10-22(19,20)18-7-5-17(6-8-18)14-4-2-3-13-12(14)11-15-16-13;19-21(20,11-4-5-11)18-8-6-17(7-9-18)14-3-1-2-13-12(14)10-15-16-13;1-11(2)21(19,20)18-8-6-17(7-9-18)14-5-3-4-13-12(14)10-15-16-13;1-16(2)21(19,20)18-8-6-17(7-9-18)13-5-3-4-12-11(13)10-14-15-12;12-19(17,18)16-6-4-15(5-7-16)11-3-1-2-10-9(11)8-13-14-10/h2-4,11H,5-10H2,1H3,(H,15,16);1-3,10-11H,4-9H2,(H,15,16);3-5,10-11H,6-9H2,1-2H3,(H,15,16);3-5,10H,6-9H2,1-2H3,(H,14,15);1-3,8H,4-7H2,(H,13,14)(H2,12,17,18). The van der Waals surface area contributed by atoms with Crippen LogP contribution < -0.4 is 29.6 Å². The van der Waals surface area contributed by atoms with Gasteiger partial charge in [0.25, 0.3) is 20.4 Å². The SMILES string of the molecule is CC(C)S(=O)(=O)N1CCN(c2cccc3[nH]ncc23)CC1.CN(C)S(=O)(=O)N1CCN(c2cccc3[nH]ncc23)CC1.COCCS(=O)(=O)N1CCN(c2cccc3[nH]ncc23)CC1.NS(=O)(=O)N1CCN(c2cccc3[nH]ncc23)CC1.O=S(=O)(C1CC1)N1CCN(c2cccc3[nH]ncc23)CC1. The van der Waals surface area contributed by atoms with E-state index in [2.05, 4.69) is 87.6 Å². The lowest BCUT2D eigenvalue weighted by molar-refractivity contribution is 0.215. The number of sulfonamides is 3. The second kappa shape index (κ2) is 32.3. The van der Waals surface area contributed by atoms with Gasteiger partial charge in [0.05, 0.1) is 81.4 Å². The zero-order valence-corrected chi connectivity index (χ0v) is 63.0. The summed E-state index contributed by atoms with van der Waals surface area (Å²) >= 11 is 0. The van der Waals surface area contributed by atoms with E-state index in [1.807, 2.05) is 104 Å². The molecule has 0 radical (unpaired) electrons. The van der Waals surface area contributed by atoms with Gasteiger partial charge in [-0.1, -0.05) is 30.3 Å². The smallest absolute Gasteiger partial charge is 0.281 e. The molecule has 1 aliphatic carbocycles. The van der Waals surface area contributed by atoms with E-state index in [9.17, 15) is 42.1 Å². The highest BCUT2D eigenvalue weighted by Crippen LogP contribution is 2.35. The van der Waals surface area contributed by atoms with Crippen molar-refractivity contribution in [1.29, 1.82) is 0 Å². The first-order chi connectivity index (χ1) is 49.8. The highest BCUT2D eigenvalue weighted by atomic mass is 32.2. The Bertz CT molecular complexity index is 4830. The summed E-state index contributed by atoms with van der Waals surface area (Å²) in [7, 11) is -11.7. The number of nitrogens with two attached hydrogens (primary N) is 1. The first-order valence-electron chi connectivity index (χ1n) is 34.6. The second-order valence-corrected chi connectivity index (χ2v) is 36.9. The van der Waals surface area contributed by atoms with Crippen LogP contribution in [0.3, 0.4) is 0 Å². The average Bonchev–Trinajstić information content (AvgIpc) is 1.47. The van der Waals surface area contributed by atoms with Crippen LogP contribution in [0.2, 0.25) is 0 Å². The number of methoxy groups -OCH3 is 1. The Labute approximate surface area is 606 Å². The maximum atomic E-state index is 12.3. The Hall–Kier alpha value is -8.12. The summed E-state index contributed by atoms with van der Waals surface area (Å²) in [6.45, 7) is 15.6. The van der Waals surface area contributed by atoms with E-state index in [-0.39, 0.29) is 22.9 Å². The van der Waals surface area contributed by atoms with Crippen molar-refractivity contribution < 1.29 is 46.8 Å². The first kappa shape index (κ1) is 75.6. The molecule has 10 heterocycles. The maximum absolute atomic E-state index is 12.3. The number of nitrogens with zero attached hydrogens (tertiary/aromatic N) is 16. The topological polar surface area (TPSA) is 385 Å². The first-order valence-corrected chi connectivity index (χ1v) is 42.1. The molecule has 0 bridgehead atoms. The Morgan fingerprint density at radius 1 is 0.413 bits per heavy atom. The van der Waals surface area contributed by atoms with Gasteiger partial charge in [0.1, 0.15) is 0 Å². The molecule has 5 aromatic heterocycles. The monoisotopic (exact) mass is 1530 g/mol. The summed E-state index contributed by atoms with van der Waals surface area (Å²) in [5, 5.41) is 45.1. The lowest BCUT2D eigenvalue weighted by atomic mass is 10.2. The molecular formula is C66H92N22O11S5. The number of H-pyrrole nitrogens is 5. The predicted octanol–water partition coefficient (Wildman–Crippen LogP) is 3.64. The molecule has 5 saturated heterocycles. The molecule has 1 saturated carbocycles. The summed E-state index contributed by atoms with van der Waals surface area (Å²) in [6.07, 6.45) is 10.7. The van der Waals surface area contributed by atoms with Crippen LogP contribution in [0.25, 0.3) is 54.5 Å². The van der Waals surface area contributed by atoms with E-state index < -0.39 is 50.5 Å². The zero-order valence-electron chi connectivity index (χ0n) is 58.9. The van der Waals surface area contributed by atoms with Crippen molar-refractivity contribution >= 4 is 133 Å². The van der Waals surface area contributed by atoms with E-state index in [0.29, 0.717) is 118 Å². The number of fused-ring (bicyclic) bond motifs is 5. The van der Waals surface area contributed by atoms with Crippen LogP contribution in [0.1, 0.15) is 26.7 Å². The number of nitrogens with one attached hydrogen (secondary N) is 5. The minimum atomic E-state index is -3.58. The molecule has 33 nitrogen and oxygen atoms in total. The van der Waals surface area contributed by atoms with Crippen molar-refractivity contribution in [1.82, 2.24) is 76.8 Å². The number of hydrogen-bond acceptors (Lipinski definition) is 21. The van der Waals surface area contributed by atoms with Gasteiger partial charge in [-0.05, 0) is 87.4 Å². The van der Waals surface area contributed by atoms with Crippen LogP contribution in [-0.2, 0) is 55.2 Å². The Morgan fingerprint density at radius 2 is 0.692 bits per heavy atom. The lowest BCUT2D eigenvalue weighted by Gasteiger charge is -2.36. The lowest BCUT2D eigenvalue weighted by Crippen LogP contribution is -2.51. The molecule has 38 heteroatoms. The van der Waals surface area contributed by atoms with Gasteiger partial charge in [0.15, 0.2) is 0 Å². The molecule has 0 atom stereocenters. The minimum absolute atomic E-state index is 0.0425. The number of aromatic nitrogens is 10. The van der Waals surface area contributed by atoms with Gasteiger partial charge in [0.2, 0.25) is 30.1 Å². The quantitative estimate of drug-likeness (QED) is 0.0804. The fourth-order valence-corrected chi connectivity index (χ4v) is 19.7. The maximum Gasteiger partial charge on any atom is 0.281 e. The summed E-state index contributed by atoms with van der Waals surface area (Å²) in [6, 6.07) is 30.1. The fraction of sp³-hybridized carbons (Fsp3) is 0.470. The number of ether oxygens (including phenoxy) is 1. The molecule has 10 aromatic rings. The van der Waals surface area contributed by atoms with E-state index in [0.717, 1.165) is 109 Å². The van der Waals surface area contributed by atoms with E-state index >= 15 is 0 Å². The van der Waals surface area contributed by atoms with Gasteiger partial charge in [0, 0.05) is 207 Å². The summed E-state index contributed by atoms with van der Waals surface area (Å²) in [4.78, 5) is 11.0. The zero-order chi connectivity index (χ0) is 73.6. The van der Waals surface area contributed by atoms with Crippen LogP contribution in [0, 0.1) is 0 Å². The van der Waals surface area contributed by atoms with Crippen LogP contribution in [0.5, 0.6) is 0 Å². The molecule has 5 aromatic carbocycles. The third kappa shape index (κ3) is 17.1. The number of hydrogen-bond donors (Lipinski definition) is 6. The average molecular weight is 1530 g/mol. The predicted molar refractivity (Wildman–Crippen MR) is 407 cm³/mol. The summed E-state index contributed by atoms with van der Waals surface area (Å²) < 4.78 is 134. The van der Waals surface area contributed by atoms with Gasteiger partial charge in [-0.15, -0.1) is 0 Å². The van der Waals surface area contributed by atoms with Gasteiger partial charge in [-0.2, -0.15) is 68.2 Å². The Balaban J connectivity index is 0.000000122. The molecule has 6 fully saturated rings. The van der Waals surface area contributed by atoms with Crippen molar-refractivity contribution in [3.63, 3.8) is 0 Å². The summed E-state index contributed by atoms with van der Waals surface area (Å²) in [5.41, 5.74) is 10.5. The number of benzene rings is 5. The molecule has 5 aliphatic heterocycles. The normalized spacial score (nSPS) is 18.4. The van der Waals surface area contributed by atoms with Crippen LogP contribution in [-0.4, -0.2) is 294 Å². The van der Waals surface area contributed by atoms with Crippen molar-refractivity contribution in [2.45, 2.75) is 37.2 Å². The highest BCUT2D eigenvalue weighted by Gasteiger charge is 2.41. The van der Waals surface area contributed by atoms with Crippen LogP contribution in [0.15, 0.2) is 122 Å². The van der Waals surface area contributed by atoms with Crippen molar-refractivity contribution in [2.75, 3.05) is 189 Å². The van der Waals surface area contributed by atoms with Gasteiger partial charge >= 0.3 is 0 Å². The van der Waals surface area contributed by atoms with E-state index in [1.165, 1.54) is 20.0 Å². The van der Waals surface area contributed by atoms with Crippen molar-refractivity contribution in [3.8, 4) is 0 Å². The number of piperazine rings is 5. The molecule has 0 spiro atoms. The Kier molecular flexibility index (Phi) is 23.5. The molecule has 16 rings (SSSR count). The van der Waals surface area contributed by atoms with E-state index in [4.69, 9.17) is 9.88 Å². The third-order valence-electron chi connectivity index (χ3n) is 19.6. The second-order valence-electron chi connectivity index (χ2n) is 26.5. The molecule has 0 unspecified atom stereocenters. The molecule has 104 heavy (non-hydrogen) atoms.